The highest BCUT2D eigenvalue weighted by atomic mass is 16.2. The van der Waals surface area contributed by atoms with Gasteiger partial charge in [0.15, 0.2) is 0 Å². The predicted molar refractivity (Wildman–Crippen MR) is 61.4 cm³/mol. The molecule has 0 unspecified atom stereocenters. The average Bonchev–Trinajstić information content (AvgIpc) is 2.23. The van der Waals surface area contributed by atoms with E-state index < -0.39 is 5.91 Å². The largest absolute Gasteiger partial charge is 0.399 e. The molecule has 86 valence electrons. The van der Waals surface area contributed by atoms with Gasteiger partial charge in [-0.25, -0.2) is 0 Å². The minimum Gasteiger partial charge on any atom is -0.399 e. The van der Waals surface area contributed by atoms with Crippen molar-refractivity contribution in [2.24, 2.45) is 5.73 Å². The molecule has 2 amide bonds. The van der Waals surface area contributed by atoms with Gasteiger partial charge in [0.2, 0.25) is 11.8 Å². The minimum absolute atomic E-state index is 0.115. The quantitative estimate of drug-likeness (QED) is 0.600. The number of anilines is 1. The first-order valence-electron chi connectivity index (χ1n) is 4.97. The molecule has 0 aliphatic carbocycles. The van der Waals surface area contributed by atoms with Crippen molar-refractivity contribution in [3.05, 3.63) is 29.8 Å². The lowest BCUT2D eigenvalue weighted by atomic mass is 10.1. The van der Waals surface area contributed by atoms with E-state index in [1.807, 2.05) is 18.2 Å². The number of nitrogens with one attached hydrogen (secondary N) is 1. The van der Waals surface area contributed by atoms with E-state index in [4.69, 9.17) is 11.5 Å². The van der Waals surface area contributed by atoms with Crippen LogP contribution in [0, 0.1) is 0 Å². The molecule has 5 nitrogen and oxygen atoms in total. The molecule has 0 bridgehead atoms. The van der Waals surface area contributed by atoms with E-state index in [2.05, 4.69) is 5.32 Å². The molecule has 0 atom stereocenters. The van der Waals surface area contributed by atoms with Crippen LogP contribution in [0.15, 0.2) is 24.3 Å². The molecule has 1 rings (SSSR count). The summed E-state index contributed by atoms with van der Waals surface area (Å²) in [6.07, 6.45) is 0.909. The second-order valence-corrected chi connectivity index (χ2v) is 3.49. The first-order valence-corrected chi connectivity index (χ1v) is 4.97. The van der Waals surface area contributed by atoms with E-state index in [1.54, 1.807) is 6.07 Å². The van der Waals surface area contributed by atoms with E-state index in [1.165, 1.54) is 0 Å². The number of rotatable bonds is 5. The number of nitrogens with two attached hydrogens (primary N) is 2. The number of amides is 2. The third-order valence-corrected chi connectivity index (χ3v) is 2.05. The molecule has 5 heteroatoms. The maximum Gasteiger partial charge on any atom is 0.236 e. The molecule has 0 spiro atoms. The fourth-order valence-electron chi connectivity index (χ4n) is 1.28. The second-order valence-electron chi connectivity index (χ2n) is 3.49. The molecule has 0 aromatic heterocycles. The summed E-state index contributed by atoms with van der Waals surface area (Å²) in [6.45, 7) is -0.115. The monoisotopic (exact) mass is 221 g/mol. The summed E-state index contributed by atoms with van der Waals surface area (Å²) in [5.74, 6) is -0.737. The van der Waals surface area contributed by atoms with Gasteiger partial charge in [0.1, 0.15) is 0 Å². The number of carbonyl (C=O) groups excluding carboxylic acids is 2. The Kier molecular flexibility index (Phi) is 4.32. The summed E-state index contributed by atoms with van der Waals surface area (Å²) in [6, 6.07) is 7.35. The Hall–Kier alpha value is -2.04. The van der Waals surface area contributed by atoms with Crippen molar-refractivity contribution in [2.45, 2.75) is 12.8 Å². The number of primary amides is 1. The van der Waals surface area contributed by atoms with Crippen molar-refractivity contribution in [3.8, 4) is 0 Å². The smallest absolute Gasteiger partial charge is 0.236 e. The van der Waals surface area contributed by atoms with E-state index >= 15 is 0 Å². The van der Waals surface area contributed by atoms with Gasteiger partial charge >= 0.3 is 0 Å². The van der Waals surface area contributed by atoms with Gasteiger partial charge in [-0.15, -0.1) is 0 Å². The van der Waals surface area contributed by atoms with Crippen LogP contribution in [0.4, 0.5) is 5.69 Å². The summed E-state index contributed by atoms with van der Waals surface area (Å²) in [4.78, 5) is 21.7. The number of hydrogen-bond acceptors (Lipinski definition) is 3. The molecular weight excluding hydrogens is 206 g/mol. The summed E-state index contributed by atoms with van der Waals surface area (Å²) < 4.78 is 0. The zero-order chi connectivity index (χ0) is 12.0. The topological polar surface area (TPSA) is 98.2 Å². The van der Waals surface area contributed by atoms with Crippen LogP contribution < -0.4 is 16.8 Å². The number of aryl methyl sites for hydroxylation is 1. The third kappa shape index (κ3) is 4.45. The lowest BCUT2D eigenvalue weighted by Crippen LogP contribution is -2.33. The van der Waals surface area contributed by atoms with Crippen molar-refractivity contribution >= 4 is 17.5 Å². The molecule has 0 saturated heterocycles. The minimum atomic E-state index is -0.544. The van der Waals surface area contributed by atoms with Gasteiger partial charge < -0.3 is 16.8 Å². The molecule has 1 aromatic carbocycles. The SMILES string of the molecule is NC(=O)CNC(=O)CCc1cccc(N)c1. The van der Waals surface area contributed by atoms with Crippen molar-refractivity contribution in [3.63, 3.8) is 0 Å². The number of benzene rings is 1. The second kappa shape index (κ2) is 5.75. The maximum absolute atomic E-state index is 11.3. The van der Waals surface area contributed by atoms with Crippen LogP contribution >= 0.6 is 0 Å². The number of carbonyl (C=O) groups is 2. The predicted octanol–water partition coefficient (Wildman–Crippen LogP) is -0.197. The summed E-state index contributed by atoms with van der Waals surface area (Å²) in [5, 5.41) is 2.42. The van der Waals surface area contributed by atoms with Crippen molar-refractivity contribution in [1.82, 2.24) is 5.32 Å². The van der Waals surface area contributed by atoms with Crippen LogP contribution in [0.3, 0.4) is 0 Å². The van der Waals surface area contributed by atoms with Gasteiger partial charge in [-0.05, 0) is 24.1 Å². The lowest BCUT2D eigenvalue weighted by Gasteiger charge is -2.03. The van der Waals surface area contributed by atoms with E-state index in [0.717, 1.165) is 5.56 Å². The van der Waals surface area contributed by atoms with E-state index in [-0.39, 0.29) is 12.5 Å². The molecule has 16 heavy (non-hydrogen) atoms. The molecular formula is C11H15N3O2. The van der Waals surface area contributed by atoms with Gasteiger partial charge in [-0.3, -0.25) is 9.59 Å². The molecule has 0 radical (unpaired) electrons. The van der Waals surface area contributed by atoms with Gasteiger partial charge in [0.25, 0.3) is 0 Å². The van der Waals surface area contributed by atoms with Crippen LogP contribution in [0.2, 0.25) is 0 Å². The summed E-state index contributed by atoms with van der Waals surface area (Å²) in [5.41, 5.74) is 12.2. The molecule has 0 aliphatic heterocycles. The molecule has 0 saturated carbocycles. The normalized spacial score (nSPS) is 9.75. The summed E-state index contributed by atoms with van der Waals surface area (Å²) >= 11 is 0. The van der Waals surface area contributed by atoms with Gasteiger partial charge in [-0.1, -0.05) is 12.1 Å². The fraction of sp³-hybridized carbons (Fsp3) is 0.273. The van der Waals surface area contributed by atoms with Crippen LogP contribution in [0.5, 0.6) is 0 Å². The molecule has 0 heterocycles. The Balaban J connectivity index is 2.34. The van der Waals surface area contributed by atoms with E-state index in [0.29, 0.717) is 18.5 Å². The van der Waals surface area contributed by atoms with Crippen molar-refractivity contribution in [1.29, 1.82) is 0 Å². The highest BCUT2D eigenvalue weighted by molar-refractivity contribution is 5.83. The van der Waals surface area contributed by atoms with Gasteiger partial charge in [0.05, 0.1) is 6.54 Å². The highest BCUT2D eigenvalue weighted by Gasteiger charge is 2.03. The zero-order valence-corrected chi connectivity index (χ0v) is 8.90. The van der Waals surface area contributed by atoms with Crippen LogP contribution in [0.25, 0.3) is 0 Å². The van der Waals surface area contributed by atoms with Gasteiger partial charge in [0, 0.05) is 12.1 Å². The van der Waals surface area contributed by atoms with Crippen LogP contribution in [-0.4, -0.2) is 18.4 Å². The molecule has 5 N–H and O–H groups in total. The number of hydrogen-bond donors (Lipinski definition) is 3. The lowest BCUT2D eigenvalue weighted by molar-refractivity contribution is -0.124. The average molecular weight is 221 g/mol. The molecule has 0 fully saturated rings. The Morgan fingerprint density at radius 2 is 2.06 bits per heavy atom. The Morgan fingerprint density at radius 3 is 2.69 bits per heavy atom. The van der Waals surface area contributed by atoms with Crippen molar-refractivity contribution < 1.29 is 9.59 Å². The standard InChI is InChI=1S/C11H15N3O2/c12-9-3-1-2-8(6-9)4-5-11(16)14-7-10(13)15/h1-3,6H,4-5,7,12H2,(H2,13,15)(H,14,16). The fourth-order valence-corrected chi connectivity index (χ4v) is 1.28. The Morgan fingerprint density at radius 1 is 1.31 bits per heavy atom. The molecule has 0 aliphatic rings. The Bertz CT molecular complexity index is 391. The maximum atomic E-state index is 11.3. The van der Waals surface area contributed by atoms with Crippen LogP contribution in [0.1, 0.15) is 12.0 Å². The third-order valence-electron chi connectivity index (χ3n) is 2.05. The first-order chi connectivity index (χ1) is 7.58. The highest BCUT2D eigenvalue weighted by Crippen LogP contribution is 2.08. The van der Waals surface area contributed by atoms with Crippen LogP contribution in [-0.2, 0) is 16.0 Å². The number of nitrogen functional groups attached to an aromatic ring is 1. The van der Waals surface area contributed by atoms with E-state index in [9.17, 15) is 9.59 Å². The Labute approximate surface area is 93.8 Å². The van der Waals surface area contributed by atoms with Gasteiger partial charge in [-0.2, -0.15) is 0 Å². The first kappa shape index (κ1) is 12.0. The van der Waals surface area contributed by atoms with Crippen molar-refractivity contribution in [2.75, 3.05) is 12.3 Å². The summed E-state index contributed by atoms with van der Waals surface area (Å²) in [7, 11) is 0. The molecule has 1 aromatic rings. The zero-order valence-electron chi connectivity index (χ0n) is 8.90.